The Hall–Kier alpha value is -1.75. The van der Waals surface area contributed by atoms with Crippen molar-refractivity contribution >= 4 is 5.97 Å². The van der Waals surface area contributed by atoms with Crippen molar-refractivity contribution in [3.05, 3.63) is 23.8 Å². The van der Waals surface area contributed by atoms with E-state index in [4.69, 9.17) is 9.47 Å². The molecule has 0 spiro atoms. The Morgan fingerprint density at radius 3 is 2.71 bits per heavy atom. The van der Waals surface area contributed by atoms with Gasteiger partial charge in [0.1, 0.15) is 17.5 Å². The van der Waals surface area contributed by atoms with E-state index in [0.29, 0.717) is 6.42 Å². The fourth-order valence-corrected chi connectivity index (χ4v) is 3.02. The van der Waals surface area contributed by atoms with Gasteiger partial charge in [-0.15, -0.1) is 0 Å². The summed E-state index contributed by atoms with van der Waals surface area (Å²) >= 11 is 0. The first kappa shape index (κ1) is 15.6. The van der Waals surface area contributed by atoms with E-state index in [9.17, 15) is 9.90 Å². The third-order valence-electron chi connectivity index (χ3n) is 4.22. The van der Waals surface area contributed by atoms with Gasteiger partial charge in [-0.25, -0.2) is 0 Å². The molecule has 0 radical (unpaired) electrons. The van der Waals surface area contributed by atoms with E-state index in [2.05, 4.69) is 4.90 Å². The van der Waals surface area contributed by atoms with Crippen LogP contribution in [0.1, 0.15) is 37.8 Å². The molecule has 1 saturated heterocycles. The third-order valence-corrected chi connectivity index (χ3v) is 4.22. The lowest BCUT2D eigenvalue weighted by molar-refractivity contribution is -0.145. The molecule has 21 heavy (non-hydrogen) atoms. The monoisotopic (exact) mass is 293 g/mol. The van der Waals surface area contributed by atoms with Crippen LogP contribution in [0.3, 0.4) is 0 Å². The van der Waals surface area contributed by atoms with Crippen LogP contribution < -0.4 is 9.47 Å². The number of likely N-dealkylation sites (tertiary alicyclic amines) is 1. The van der Waals surface area contributed by atoms with E-state index < -0.39 is 12.0 Å². The van der Waals surface area contributed by atoms with Crippen molar-refractivity contribution in [3.63, 3.8) is 0 Å². The smallest absolute Gasteiger partial charge is 0.320 e. The first-order chi connectivity index (χ1) is 10.1. The predicted molar refractivity (Wildman–Crippen MR) is 79.9 cm³/mol. The SMILES string of the molecule is COc1ccc(C(C)N2CCCCC2C(=O)O)c(OC)c1. The zero-order valence-corrected chi connectivity index (χ0v) is 12.8. The highest BCUT2D eigenvalue weighted by Gasteiger charge is 2.33. The van der Waals surface area contributed by atoms with Crippen molar-refractivity contribution < 1.29 is 19.4 Å². The molecular weight excluding hydrogens is 270 g/mol. The predicted octanol–water partition coefficient (Wildman–Crippen LogP) is 2.70. The standard InChI is InChI=1S/C16H23NO4/c1-11(17-9-5-4-6-14(17)16(18)19)13-8-7-12(20-2)10-15(13)21-3/h7-8,10-11,14H,4-6,9H2,1-3H3,(H,18,19). The van der Waals surface area contributed by atoms with E-state index in [-0.39, 0.29) is 6.04 Å². The second-order valence-corrected chi connectivity index (χ2v) is 5.37. The zero-order valence-electron chi connectivity index (χ0n) is 12.8. The molecule has 5 heteroatoms. The van der Waals surface area contributed by atoms with E-state index in [0.717, 1.165) is 36.4 Å². The number of rotatable bonds is 5. The summed E-state index contributed by atoms with van der Waals surface area (Å²) in [6.45, 7) is 2.83. The van der Waals surface area contributed by atoms with Crippen LogP contribution >= 0.6 is 0 Å². The minimum atomic E-state index is -0.742. The van der Waals surface area contributed by atoms with Crippen molar-refractivity contribution in [1.29, 1.82) is 0 Å². The second-order valence-electron chi connectivity index (χ2n) is 5.37. The van der Waals surface area contributed by atoms with Gasteiger partial charge in [0.05, 0.1) is 14.2 Å². The maximum atomic E-state index is 11.5. The normalized spacial score (nSPS) is 20.8. The molecule has 1 fully saturated rings. The van der Waals surface area contributed by atoms with E-state index >= 15 is 0 Å². The average Bonchev–Trinajstić information content (AvgIpc) is 2.53. The first-order valence-corrected chi connectivity index (χ1v) is 7.29. The summed E-state index contributed by atoms with van der Waals surface area (Å²) in [4.78, 5) is 13.5. The summed E-state index contributed by atoms with van der Waals surface area (Å²) in [5.74, 6) is 0.724. The Labute approximate surface area is 125 Å². The molecule has 1 aliphatic rings. The number of carbonyl (C=O) groups is 1. The molecule has 0 bridgehead atoms. The summed E-state index contributed by atoms with van der Waals surface area (Å²) in [6, 6.07) is 5.25. The summed E-state index contributed by atoms with van der Waals surface area (Å²) in [7, 11) is 3.23. The minimum absolute atomic E-state index is 0.00717. The van der Waals surface area contributed by atoms with Gasteiger partial charge in [-0.2, -0.15) is 0 Å². The molecule has 1 aliphatic heterocycles. The molecule has 0 aliphatic carbocycles. The Balaban J connectivity index is 2.29. The van der Waals surface area contributed by atoms with Crippen LogP contribution in [0.5, 0.6) is 11.5 Å². The molecule has 1 heterocycles. The number of benzene rings is 1. The van der Waals surface area contributed by atoms with Gasteiger partial charge in [-0.3, -0.25) is 9.69 Å². The molecule has 0 aromatic heterocycles. The summed E-state index contributed by atoms with van der Waals surface area (Å²) < 4.78 is 10.6. The molecule has 1 N–H and O–H groups in total. The maximum Gasteiger partial charge on any atom is 0.320 e. The number of methoxy groups -OCH3 is 2. The number of hydrogen-bond acceptors (Lipinski definition) is 4. The van der Waals surface area contributed by atoms with Crippen LogP contribution in [0.4, 0.5) is 0 Å². The second kappa shape index (κ2) is 6.80. The maximum absolute atomic E-state index is 11.5. The van der Waals surface area contributed by atoms with Crippen molar-refractivity contribution in [1.82, 2.24) is 4.90 Å². The van der Waals surface area contributed by atoms with Gasteiger partial charge in [-0.05, 0) is 32.4 Å². The Morgan fingerprint density at radius 1 is 1.33 bits per heavy atom. The highest BCUT2D eigenvalue weighted by Crippen LogP contribution is 2.35. The first-order valence-electron chi connectivity index (χ1n) is 7.29. The van der Waals surface area contributed by atoms with Crippen molar-refractivity contribution in [2.24, 2.45) is 0 Å². The Bertz CT molecular complexity index is 503. The molecule has 116 valence electrons. The lowest BCUT2D eigenvalue weighted by atomic mass is 9.96. The van der Waals surface area contributed by atoms with Gasteiger partial charge < -0.3 is 14.6 Å². The van der Waals surface area contributed by atoms with Crippen molar-refractivity contribution in [2.45, 2.75) is 38.3 Å². The minimum Gasteiger partial charge on any atom is -0.497 e. The number of carboxylic acids is 1. The molecule has 2 atom stereocenters. The number of hydrogen-bond donors (Lipinski definition) is 1. The number of piperidine rings is 1. The summed E-state index contributed by atoms with van der Waals surface area (Å²) in [6.07, 6.45) is 2.71. The number of aliphatic carboxylic acids is 1. The van der Waals surface area contributed by atoms with Crippen LogP contribution in [-0.4, -0.2) is 42.8 Å². The number of carboxylic acid groups (broad SMARTS) is 1. The van der Waals surface area contributed by atoms with Crippen molar-refractivity contribution in [3.8, 4) is 11.5 Å². The Morgan fingerprint density at radius 2 is 2.10 bits per heavy atom. The molecule has 0 amide bonds. The fraction of sp³-hybridized carbons (Fsp3) is 0.562. The number of ether oxygens (including phenoxy) is 2. The lowest BCUT2D eigenvalue weighted by Gasteiger charge is -2.38. The molecule has 5 nitrogen and oxygen atoms in total. The molecule has 1 aromatic carbocycles. The van der Waals surface area contributed by atoms with Gasteiger partial charge in [0, 0.05) is 17.7 Å². The van der Waals surface area contributed by atoms with Crippen LogP contribution in [0.15, 0.2) is 18.2 Å². The van der Waals surface area contributed by atoms with Crippen LogP contribution in [0.25, 0.3) is 0 Å². The van der Waals surface area contributed by atoms with Crippen molar-refractivity contribution in [2.75, 3.05) is 20.8 Å². The molecule has 2 rings (SSSR count). The summed E-state index contributed by atoms with van der Waals surface area (Å²) in [5, 5.41) is 9.42. The quantitative estimate of drug-likeness (QED) is 0.904. The van der Waals surface area contributed by atoms with E-state index in [1.54, 1.807) is 14.2 Å². The molecule has 2 unspecified atom stereocenters. The molecule has 1 aromatic rings. The highest BCUT2D eigenvalue weighted by atomic mass is 16.5. The average molecular weight is 293 g/mol. The molecule has 0 saturated carbocycles. The Kier molecular flexibility index (Phi) is 5.07. The van der Waals surface area contributed by atoms with E-state index in [1.165, 1.54) is 0 Å². The summed E-state index contributed by atoms with van der Waals surface area (Å²) in [5.41, 5.74) is 0.992. The fourth-order valence-electron chi connectivity index (χ4n) is 3.02. The molecular formula is C16H23NO4. The zero-order chi connectivity index (χ0) is 15.4. The lowest BCUT2D eigenvalue weighted by Crippen LogP contribution is -2.45. The van der Waals surface area contributed by atoms with Crippen LogP contribution in [-0.2, 0) is 4.79 Å². The van der Waals surface area contributed by atoms with Gasteiger partial charge in [0.2, 0.25) is 0 Å². The van der Waals surface area contributed by atoms with Crippen LogP contribution in [0, 0.1) is 0 Å². The number of nitrogens with zero attached hydrogens (tertiary/aromatic N) is 1. The van der Waals surface area contributed by atoms with Gasteiger partial charge >= 0.3 is 5.97 Å². The van der Waals surface area contributed by atoms with Gasteiger partial charge in [0.15, 0.2) is 0 Å². The van der Waals surface area contributed by atoms with Gasteiger partial charge in [-0.1, -0.05) is 12.5 Å². The largest absolute Gasteiger partial charge is 0.497 e. The van der Waals surface area contributed by atoms with E-state index in [1.807, 2.05) is 25.1 Å². The highest BCUT2D eigenvalue weighted by molar-refractivity contribution is 5.73. The van der Waals surface area contributed by atoms with Crippen LogP contribution in [0.2, 0.25) is 0 Å². The van der Waals surface area contributed by atoms with Gasteiger partial charge in [0.25, 0.3) is 0 Å². The third kappa shape index (κ3) is 3.29. The topological polar surface area (TPSA) is 59.0 Å².